The molecular formula is C40H50N2O3. The van der Waals surface area contributed by atoms with Gasteiger partial charge in [-0.15, -0.1) is 0 Å². The average Bonchev–Trinajstić information content (AvgIpc) is 3.55. The lowest BCUT2D eigenvalue weighted by Crippen LogP contribution is -2.58. The first kappa shape index (κ1) is 29.6. The van der Waals surface area contributed by atoms with Crippen molar-refractivity contribution in [2.24, 2.45) is 34.0 Å². The topological polar surface area (TPSA) is 69.6 Å². The summed E-state index contributed by atoms with van der Waals surface area (Å²) in [6.45, 7) is 12.1. The van der Waals surface area contributed by atoms with Gasteiger partial charge in [0.1, 0.15) is 11.3 Å². The van der Waals surface area contributed by atoms with E-state index in [1.165, 1.54) is 16.7 Å². The largest absolute Gasteiger partial charge is 0.393 e. The molecule has 2 aromatic carbocycles. The Kier molecular flexibility index (Phi) is 6.20. The predicted octanol–water partition coefficient (Wildman–Crippen LogP) is 7.35. The van der Waals surface area contributed by atoms with Gasteiger partial charge in [0, 0.05) is 29.1 Å². The molecule has 8 rings (SSSR count). The number of amides is 1. The molecule has 1 saturated heterocycles. The Hall–Kier alpha value is -2.76. The standard InChI is InChI=1S/C40H50N2O3/c1-36(2,3)25-13-11-24(12-14-25)32-23-42(6)40(30-9-7-8-10-33(30)41-35(40)45)39(32)22-31-28-16-15-26-21-27(43)17-19-37(26,4)29(28)18-20-38(31,5)34(39)44/h7-15,27-29,31-32,43H,16-23H2,1-6H3,(H,41,45)/t27-,28+,29-,31-,32-,37-,38-,39+,40+/m0/s1. The Balaban J connectivity index is 1.31. The van der Waals surface area contributed by atoms with Crippen LogP contribution >= 0.6 is 0 Å². The molecule has 0 bridgehead atoms. The summed E-state index contributed by atoms with van der Waals surface area (Å²) < 4.78 is 0. The molecule has 2 aromatic rings. The number of likely N-dealkylation sites (tertiary alicyclic amines) is 1. The number of Topliss-reactive ketones (excluding diaryl/α,β-unsaturated/α-hetero) is 1. The van der Waals surface area contributed by atoms with Gasteiger partial charge in [0.2, 0.25) is 0 Å². The number of fused-ring (bicyclic) bond motifs is 8. The van der Waals surface area contributed by atoms with Gasteiger partial charge in [-0.2, -0.15) is 0 Å². The highest BCUT2D eigenvalue weighted by atomic mass is 16.3. The number of aliphatic hydroxyl groups is 1. The molecule has 5 heteroatoms. The van der Waals surface area contributed by atoms with Gasteiger partial charge < -0.3 is 10.4 Å². The number of carbonyl (C=O) groups is 2. The quantitative estimate of drug-likeness (QED) is 0.333. The minimum atomic E-state index is -1.04. The van der Waals surface area contributed by atoms with Crippen LogP contribution in [0.4, 0.5) is 5.69 Å². The van der Waals surface area contributed by atoms with Gasteiger partial charge in [-0.25, -0.2) is 0 Å². The van der Waals surface area contributed by atoms with Crippen LogP contribution in [-0.4, -0.2) is 41.4 Å². The summed E-state index contributed by atoms with van der Waals surface area (Å²) in [6, 6.07) is 17.1. The number of para-hydroxylation sites is 1. The van der Waals surface area contributed by atoms with E-state index in [1.54, 1.807) is 0 Å². The molecule has 2 spiro atoms. The molecule has 3 saturated carbocycles. The van der Waals surface area contributed by atoms with Gasteiger partial charge in [-0.3, -0.25) is 14.5 Å². The van der Waals surface area contributed by atoms with Crippen molar-refractivity contribution in [3.8, 4) is 0 Å². The fourth-order valence-corrected chi connectivity index (χ4v) is 12.0. The van der Waals surface area contributed by atoms with Crippen LogP contribution < -0.4 is 5.32 Å². The van der Waals surface area contributed by atoms with E-state index in [-0.39, 0.29) is 34.7 Å². The van der Waals surface area contributed by atoms with E-state index in [4.69, 9.17) is 0 Å². The lowest BCUT2D eigenvalue weighted by atomic mass is 9.48. The third-order valence-electron chi connectivity index (χ3n) is 14.3. The maximum absolute atomic E-state index is 15.8. The van der Waals surface area contributed by atoms with Crippen molar-refractivity contribution >= 4 is 17.4 Å². The van der Waals surface area contributed by atoms with E-state index in [0.717, 1.165) is 56.2 Å². The van der Waals surface area contributed by atoms with E-state index < -0.39 is 16.4 Å². The van der Waals surface area contributed by atoms with E-state index in [2.05, 4.69) is 88.3 Å². The molecule has 4 fully saturated rings. The number of hydrogen-bond acceptors (Lipinski definition) is 4. The molecule has 238 valence electrons. The van der Waals surface area contributed by atoms with Gasteiger partial charge in [0.15, 0.2) is 0 Å². The zero-order chi connectivity index (χ0) is 31.7. The maximum Gasteiger partial charge on any atom is 0.250 e. The lowest BCUT2D eigenvalue weighted by Gasteiger charge is -2.56. The van der Waals surface area contributed by atoms with Crippen LogP contribution in [0, 0.1) is 34.0 Å². The number of ketones is 1. The second kappa shape index (κ2) is 9.41. The van der Waals surface area contributed by atoms with Gasteiger partial charge in [-0.05, 0) is 97.8 Å². The van der Waals surface area contributed by atoms with Crippen molar-refractivity contribution in [3.05, 3.63) is 76.9 Å². The third kappa shape index (κ3) is 3.58. The molecule has 6 aliphatic rings. The van der Waals surface area contributed by atoms with E-state index >= 15 is 4.79 Å². The number of anilines is 1. The number of allylic oxidation sites excluding steroid dienone is 1. The second-order valence-corrected chi connectivity index (χ2v) is 17.1. The summed E-state index contributed by atoms with van der Waals surface area (Å²) in [5, 5.41) is 13.8. The zero-order valence-electron chi connectivity index (χ0n) is 28.0. The van der Waals surface area contributed by atoms with Crippen LogP contribution in [0.1, 0.15) is 102 Å². The Bertz CT molecular complexity index is 1620. The van der Waals surface area contributed by atoms with Crippen molar-refractivity contribution in [1.29, 1.82) is 0 Å². The monoisotopic (exact) mass is 606 g/mol. The summed E-state index contributed by atoms with van der Waals surface area (Å²) in [6.07, 6.45) is 8.53. The van der Waals surface area contributed by atoms with Crippen LogP contribution in [-0.2, 0) is 20.5 Å². The summed E-state index contributed by atoms with van der Waals surface area (Å²) in [4.78, 5) is 32.7. The Morgan fingerprint density at radius 3 is 2.38 bits per heavy atom. The molecule has 0 aromatic heterocycles. The Morgan fingerprint density at radius 1 is 0.933 bits per heavy atom. The Labute approximate surface area is 268 Å². The SMILES string of the molecule is CN1C[C@@H](c2ccc(C(C)(C)C)cc2)[C@@]2(C[C@H]3[C@@H]4CC=C5C[C@@H](O)CC[C@]5(C)[C@H]4CC[C@]3(C)C2=O)[C@@]12C(=O)Nc1ccccc12. The van der Waals surface area contributed by atoms with Gasteiger partial charge in [-0.1, -0.05) is 88.7 Å². The first-order valence-electron chi connectivity index (χ1n) is 17.4. The third-order valence-corrected chi connectivity index (χ3v) is 14.3. The molecule has 9 atom stereocenters. The van der Waals surface area contributed by atoms with Crippen molar-refractivity contribution < 1.29 is 14.7 Å². The number of likely N-dealkylation sites (N-methyl/N-ethyl adjacent to an activating group) is 1. The number of rotatable bonds is 1. The van der Waals surface area contributed by atoms with Crippen molar-refractivity contribution in [3.63, 3.8) is 0 Å². The smallest absolute Gasteiger partial charge is 0.250 e. The van der Waals surface area contributed by atoms with Crippen molar-refractivity contribution in [1.82, 2.24) is 4.90 Å². The van der Waals surface area contributed by atoms with Crippen LogP contribution in [0.2, 0.25) is 0 Å². The molecule has 5 nitrogen and oxygen atoms in total. The minimum Gasteiger partial charge on any atom is -0.393 e. The van der Waals surface area contributed by atoms with Crippen LogP contribution in [0.5, 0.6) is 0 Å². The number of hydrogen-bond donors (Lipinski definition) is 2. The predicted molar refractivity (Wildman–Crippen MR) is 178 cm³/mol. The minimum absolute atomic E-state index is 0.0351. The van der Waals surface area contributed by atoms with Gasteiger partial charge >= 0.3 is 0 Å². The van der Waals surface area contributed by atoms with Crippen LogP contribution in [0.3, 0.4) is 0 Å². The Morgan fingerprint density at radius 2 is 1.64 bits per heavy atom. The summed E-state index contributed by atoms with van der Waals surface area (Å²) in [7, 11) is 2.08. The van der Waals surface area contributed by atoms with E-state index in [9.17, 15) is 9.90 Å². The molecule has 2 N–H and O–H groups in total. The molecule has 4 aliphatic carbocycles. The van der Waals surface area contributed by atoms with Crippen molar-refractivity contribution in [2.75, 3.05) is 18.9 Å². The molecule has 0 radical (unpaired) electrons. The normalized spacial score (nSPS) is 42.3. The van der Waals surface area contributed by atoms with Gasteiger partial charge in [0.25, 0.3) is 5.91 Å². The number of aliphatic hydroxyl groups excluding tert-OH is 1. The van der Waals surface area contributed by atoms with Crippen LogP contribution in [0.15, 0.2) is 60.2 Å². The zero-order valence-corrected chi connectivity index (χ0v) is 28.0. The highest BCUT2D eigenvalue weighted by Gasteiger charge is 2.80. The van der Waals surface area contributed by atoms with Gasteiger partial charge in [0.05, 0.1) is 11.5 Å². The molecule has 45 heavy (non-hydrogen) atoms. The van der Waals surface area contributed by atoms with E-state index in [0.29, 0.717) is 24.2 Å². The fourth-order valence-electron chi connectivity index (χ4n) is 12.0. The molecule has 0 unspecified atom stereocenters. The molecular weight excluding hydrogens is 556 g/mol. The summed E-state index contributed by atoms with van der Waals surface area (Å²) >= 11 is 0. The lowest BCUT2D eigenvalue weighted by molar-refractivity contribution is -0.148. The average molecular weight is 607 g/mol. The first-order chi connectivity index (χ1) is 21.3. The number of nitrogens with one attached hydrogen (secondary N) is 1. The fraction of sp³-hybridized carbons (Fsp3) is 0.600. The highest BCUT2D eigenvalue weighted by molar-refractivity contribution is 6.12. The summed E-state index contributed by atoms with van der Waals surface area (Å²) in [5.74, 6) is 1.32. The molecule has 2 heterocycles. The van der Waals surface area contributed by atoms with E-state index in [1.807, 2.05) is 18.2 Å². The number of benzene rings is 2. The molecule has 1 amide bonds. The summed E-state index contributed by atoms with van der Waals surface area (Å²) in [5.41, 5.74) is 3.46. The van der Waals surface area contributed by atoms with Crippen LogP contribution in [0.25, 0.3) is 0 Å². The number of carbonyl (C=O) groups excluding carboxylic acids is 2. The highest BCUT2D eigenvalue weighted by Crippen LogP contribution is 2.75. The first-order valence-corrected chi connectivity index (χ1v) is 17.4. The maximum atomic E-state index is 15.8. The molecule has 2 aliphatic heterocycles. The number of nitrogens with zero attached hydrogens (tertiary/aromatic N) is 1. The van der Waals surface area contributed by atoms with Crippen molar-refractivity contribution in [2.45, 2.75) is 103 Å². The second-order valence-electron chi connectivity index (χ2n) is 17.1.